The van der Waals surface area contributed by atoms with Gasteiger partial charge in [0.2, 0.25) is 5.91 Å². The van der Waals surface area contributed by atoms with Gasteiger partial charge >= 0.3 is 12.0 Å². The fourth-order valence-electron chi connectivity index (χ4n) is 3.94. The van der Waals surface area contributed by atoms with Crippen LogP contribution in [0.4, 0.5) is 4.79 Å². The van der Waals surface area contributed by atoms with Gasteiger partial charge in [0, 0.05) is 32.0 Å². The summed E-state index contributed by atoms with van der Waals surface area (Å²) in [5.41, 5.74) is 2.05. The van der Waals surface area contributed by atoms with Gasteiger partial charge in [0.15, 0.2) is 0 Å². The standard InChI is InChI=1S/C26H33N3O5/c30-24(31)14-13-22(12-11-20-7-3-1-4-8-20)27-25(32)23(19-21-9-5-2-6-10-21)28-26(33)29-15-17-34-18-16-29/h1-10,22-23H,11-19H2,(H,27,32)(H,28,33)(H,30,31)/t22-,23-/m0/s1. The van der Waals surface area contributed by atoms with E-state index >= 15 is 0 Å². The zero-order valence-electron chi connectivity index (χ0n) is 19.3. The Morgan fingerprint density at radius 1 is 0.882 bits per heavy atom. The molecule has 0 spiro atoms. The summed E-state index contributed by atoms with van der Waals surface area (Å²) in [5.74, 6) is -1.21. The lowest BCUT2D eigenvalue weighted by atomic mass is 10.00. The second kappa shape index (κ2) is 13.3. The summed E-state index contributed by atoms with van der Waals surface area (Å²) in [6.07, 6.45) is 1.95. The van der Waals surface area contributed by atoms with E-state index in [1.54, 1.807) is 4.90 Å². The number of aryl methyl sites for hydroxylation is 1. The highest BCUT2D eigenvalue weighted by Crippen LogP contribution is 2.11. The van der Waals surface area contributed by atoms with Crippen LogP contribution >= 0.6 is 0 Å². The van der Waals surface area contributed by atoms with Gasteiger partial charge in [-0.3, -0.25) is 9.59 Å². The molecule has 3 N–H and O–H groups in total. The first kappa shape index (κ1) is 25.2. The quantitative estimate of drug-likeness (QED) is 0.471. The zero-order valence-corrected chi connectivity index (χ0v) is 19.3. The third kappa shape index (κ3) is 8.51. The second-order valence-electron chi connectivity index (χ2n) is 8.45. The van der Waals surface area contributed by atoms with Crippen molar-refractivity contribution < 1.29 is 24.2 Å². The van der Waals surface area contributed by atoms with Gasteiger partial charge in [-0.15, -0.1) is 0 Å². The molecular formula is C26H33N3O5. The minimum absolute atomic E-state index is 0.0385. The number of rotatable bonds is 11. The van der Waals surface area contributed by atoms with Gasteiger partial charge in [0.1, 0.15) is 6.04 Å². The number of morpholine rings is 1. The van der Waals surface area contributed by atoms with E-state index in [-0.39, 0.29) is 24.4 Å². The number of benzene rings is 2. The monoisotopic (exact) mass is 467 g/mol. The highest BCUT2D eigenvalue weighted by molar-refractivity contribution is 5.87. The van der Waals surface area contributed by atoms with Crippen molar-refractivity contribution in [3.8, 4) is 0 Å². The zero-order chi connectivity index (χ0) is 24.2. The summed E-state index contributed by atoms with van der Waals surface area (Å²) in [5, 5.41) is 15.1. The SMILES string of the molecule is O=C(O)CC[C@H](CCc1ccccc1)NC(=O)[C@H](Cc1ccccc1)NC(=O)N1CCOCC1. The molecule has 1 aliphatic heterocycles. The Morgan fingerprint density at radius 2 is 1.50 bits per heavy atom. The van der Waals surface area contributed by atoms with Gasteiger partial charge in [-0.2, -0.15) is 0 Å². The Morgan fingerprint density at radius 3 is 2.12 bits per heavy atom. The average Bonchev–Trinajstić information content (AvgIpc) is 2.86. The van der Waals surface area contributed by atoms with Gasteiger partial charge in [-0.1, -0.05) is 60.7 Å². The van der Waals surface area contributed by atoms with Crippen LogP contribution in [-0.2, 0) is 27.2 Å². The van der Waals surface area contributed by atoms with Gasteiger partial charge in [0.25, 0.3) is 0 Å². The molecule has 0 bridgehead atoms. The minimum atomic E-state index is -0.902. The number of carbonyl (C=O) groups is 3. The van der Waals surface area contributed by atoms with E-state index in [4.69, 9.17) is 9.84 Å². The lowest BCUT2D eigenvalue weighted by molar-refractivity contribution is -0.137. The number of carbonyl (C=O) groups excluding carboxylic acids is 2. The van der Waals surface area contributed by atoms with E-state index in [0.29, 0.717) is 45.6 Å². The van der Waals surface area contributed by atoms with E-state index in [0.717, 1.165) is 17.5 Å². The fourth-order valence-corrected chi connectivity index (χ4v) is 3.94. The number of urea groups is 1. The average molecular weight is 468 g/mol. The molecule has 3 rings (SSSR count). The van der Waals surface area contributed by atoms with Crippen LogP contribution in [0.15, 0.2) is 60.7 Å². The molecule has 34 heavy (non-hydrogen) atoms. The summed E-state index contributed by atoms with van der Waals surface area (Å²) in [7, 11) is 0. The maximum absolute atomic E-state index is 13.3. The normalized spacial score (nSPS) is 15.2. The highest BCUT2D eigenvalue weighted by atomic mass is 16.5. The van der Waals surface area contributed by atoms with Crippen molar-refractivity contribution in [3.63, 3.8) is 0 Å². The summed E-state index contributed by atoms with van der Waals surface area (Å²) in [6.45, 7) is 1.90. The van der Waals surface area contributed by atoms with E-state index in [9.17, 15) is 14.4 Å². The van der Waals surface area contributed by atoms with Gasteiger partial charge in [0.05, 0.1) is 13.2 Å². The molecule has 2 aromatic carbocycles. The van der Waals surface area contributed by atoms with Crippen molar-refractivity contribution in [2.45, 2.75) is 44.2 Å². The first-order valence-electron chi connectivity index (χ1n) is 11.7. The van der Waals surface area contributed by atoms with Crippen molar-refractivity contribution >= 4 is 17.9 Å². The summed E-state index contributed by atoms with van der Waals surface area (Å²) >= 11 is 0. The number of hydrogen-bond acceptors (Lipinski definition) is 4. The molecule has 0 saturated carbocycles. The first-order valence-corrected chi connectivity index (χ1v) is 11.7. The van der Waals surface area contributed by atoms with Gasteiger partial charge < -0.3 is 25.4 Å². The predicted molar refractivity (Wildman–Crippen MR) is 128 cm³/mol. The molecule has 1 saturated heterocycles. The van der Waals surface area contributed by atoms with Crippen molar-refractivity contribution in [2.75, 3.05) is 26.3 Å². The van der Waals surface area contributed by atoms with E-state index in [1.165, 1.54) is 0 Å². The molecule has 1 heterocycles. The van der Waals surface area contributed by atoms with Crippen LogP contribution in [0.2, 0.25) is 0 Å². The van der Waals surface area contributed by atoms with Crippen molar-refractivity contribution in [1.29, 1.82) is 0 Å². The van der Waals surface area contributed by atoms with Crippen LogP contribution in [0.5, 0.6) is 0 Å². The number of carboxylic acid groups (broad SMARTS) is 1. The lowest BCUT2D eigenvalue weighted by Gasteiger charge is -2.30. The molecule has 3 amide bonds. The van der Waals surface area contributed by atoms with Crippen molar-refractivity contribution in [3.05, 3.63) is 71.8 Å². The van der Waals surface area contributed by atoms with Crippen LogP contribution in [0, 0.1) is 0 Å². The summed E-state index contributed by atoms with van der Waals surface area (Å²) < 4.78 is 5.31. The summed E-state index contributed by atoms with van der Waals surface area (Å²) in [4.78, 5) is 39.0. The Kier molecular flexibility index (Phi) is 9.91. The first-order chi connectivity index (χ1) is 16.5. The smallest absolute Gasteiger partial charge is 0.318 e. The molecule has 182 valence electrons. The Bertz CT molecular complexity index is 917. The van der Waals surface area contributed by atoms with Crippen LogP contribution in [0.25, 0.3) is 0 Å². The van der Waals surface area contributed by atoms with Crippen LogP contribution < -0.4 is 10.6 Å². The predicted octanol–water partition coefficient (Wildman–Crippen LogP) is 2.62. The Hall–Kier alpha value is -3.39. The molecule has 2 aromatic rings. The molecule has 0 unspecified atom stereocenters. The lowest BCUT2D eigenvalue weighted by Crippen LogP contribution is -2.55. The van der Waals surface area contributed by atoms with Crippen LogP contribution in [0.1, 0.15) is 30.4 Å². The number of aliphatic carboxylic acids is 1. The van der Waals surface area contributed by atoms with E-state index in [2.05, 4.69) is 10.6 Å². The molecule has 8 nitrogen and oxygen atoms in total. The number of hydrogen-bond donors (Lipinski definition) is 3. The van der Waals surface area contributed by atoms with Crippen LogP contribution in [0.3, 0.4) is 0 Å². The molecule has 0 aromatic heterocycles. The number of nitrogens with one attached hydrogen (secondary N) is 2. The molecule has 1 aliphatic rings. The molecule has 2 atom stereocenters. The number of carboxylic acids is 1. The van der Waals surface area contributed by atoms with Gasteiger partial charge in [-0.05, 0) is 30.4 Å². The third-order valence-electron chi connectivity index (χ3n) is 5.87. The Labute approximate surface area is 200 Å². The third-order valence-corrected chi connectivity index (χ3v) is 5.87. The highest BCUT2D eigenvalue weighted by Gasteiger charge is 2.27. The van der Waals surface area contributed by atoms with E-state index in [1.807, 2.05) is 60.7 Å². The maximum atomic E-state index is 13.3. The molecule has 0 radical (unpaired) electrons. The Balaban J connectivity index is 1.68. The largest absolute Gasteiger partial charge is 0.481 e. The fraction of sp³-hybridized carbons (Fsp3) is 0.423. The van der Waals surface area contributed by atoms with Crippen molar-refractivity contribution in [1.82, 2.24) is 15.5 Å². The topological polar surface area (TPSA) is 108 Å². The molecule has 0 aliphatic carbocycles. The number of amides is 3. The number of ether oxygens (including phenoxy) is 1. The van der Waals surface area contributed by atoms with Crippen LogP contribution in [-0.4, -0.2) is 66.3 Å². The number of nitrogens with zero attached hydrogens (tertiary/aromatic N) is 1. The molecular weight excluding hydrogens is 434 g/mol. The molecule has 1 fully saturated rings. The maximum Gasteiger partial charge on any atom is 0.318 e. The molecule has 8 heteroatoms. The van der Waals surface area contributed by atoms with Gasteiger partial charge in [-0.25, -0.2) is 4.79 Å². The summed E-state index contributed by atoms with van der Waals surface area (Å²) in [6, 6.07) is 18.0. The second-order valence-corrected chi connectivity index (χ2v) is 8.45. The minimum Gasteiger partial charge on any atom is -0.481 e. The van der Waals surface area contributed by atoms with E-state index < -0.39 is 12.0 Å². The van der Waals surface area contributed by atoms with Crippen molar-refractivity contribution in [2.24, 2.45) is 0 Å².